The largest absolute Gasteiger partial charge is 0.513 e. The molecule has 1 heterocycles. The molecule has 1 aliphatic rings. The number of nitrogens with one attached hydrogen (secondary N) is 1. The molecule has 1 saturated heterocycles. The van der Waals surface area contributed by atoms with E-state index in [1.165, 1.54) is 0 Å². The molecule has 1 fully saturated rings. The molecule has 3 rings (SSSR count). The van der Waals surface area contributed by atoms with Gasteiger partial charge in [0.05, 0.1) is 6.61 Å². The van der Waals surface area contributed by atoms with Crippen LogP contribution in [0.1, 0.15) is 35.7 Å². The normalized spacial score (nSPS) is 14.2. The molecule has 33 heavy (non-hydrogen) atoms. The number of halogens is 1. The first-order chi connectivity index (χ1) is 16.0. The molecule has 0 atom stereocenters. The van der Waals surface area contributed by atoms with Crippen molar-refractivity contribution in [2.75, 3.05) is 26.2 Å². The molecule has 0 unspecified atom stereocenters. The molecule has 0 bridgehead atoms. The number of ether oxygens (including phenoxy) is 2. The highest BCUT2D eigenvalue weighted by atomic mass is 35.5. The van der Waals surface area contributed by atoms with Crippen LogP contribution in [0.3, 0.4) is 0 Å². The molecule has 8 heteroatoms. The standard InChI is InChI=1S/C25H27ClN2O5/c1-2-32-25(31)33-21-10-7-20(8-11-21)24(30)27-17-18-13-15-28(16-14-18)23(29)12-9-19-5-3-4-6-22(19)26/h3-12,18H,2,13-17H2,1H3,(H,27,30)/b12-9+. The predicted molar refractivity (Wildman–Crippen MR) is 126 cm³/mol. The van der Waals surface area contributed by atoms with E-state index in [0.717, 1.165) is 18.4 Å². The number of piperidine rings is 1. The van der Waals surface area contributed by atoms with Crippen LogP contribution < -0.4 is 10.1 Å². The second-order valence-corrected chi connectivity index (χ2v) is 8.05. The van der Waals surface area contributed by atoms with Crippen LogP contribution >= 0.6 is 11.6 Å². The summed E-state index contributed by atoms with van der Waals surface area (Å²) < 4.78 is 9.70. The number of likely N-dealkylation sites (tertiary alicyclic amines) is 1. The topological polar surface area (TPSA) is 84.9 Å². The van der Waals surface area contributed by atoms with E-state index in [-0.39, 0.29) is 18.4 Å². The second-order valence-electron chi connectivity index (χ2n) is 7.64. The van der Waals surface area contributed by atoms with Gasteiger partial charge in [-0.05, 0) is 67.7 Å². The van der Waals surface area contributed by atoms with Crippen molar-refractivity contribution < 1.29 is 23.9 Å². The van der Waals surface area contributed by atoms with Gasteiger partial charge < -0.3 is 19.7 Å². The zero-order valence-electron chi connectivity index (χ0n) is 18.5. The van der Waals surface area contributed by atoms with Crippen LogP contribution in [0.5, 0.6) is 5.75 Å². The van der Waals surface area contributed by atoms with E-state index >= 15 is 0 Å². The van der Waals surface area contributed by atoms with E-state index in [0.29, 0.717) is 41.9 Å². The summed E-state index contributed by atoms with van der Waals surface area (Å²) in [7, 11) is 0. The zero-order chi connectivity index (χ0) is 23.6. The van der Waals surface area contributed by atoms with Gasteiger partial charge in [-0.3, -0.25) is 9.59 Å². The van der Waals surface area contributed by atoms with Gasteiger partial charge in [0, 0.05) is 36.3 Å². The van der Waals surface area contributed by atoms with Crippen LogP contribution in [0.4, 0.5) is 4.79 Å². The average molecular weight is 471 g/mol. The summed E-state index contributed by atoms with van der Waals surface area (Å²) in [6.07, 6.45) is 4.15. The molecule has 1 N–H and O–H groups in total. The molecular weight excluding hydrogens is 444 g/mol. The van der Waals surface area contributed by atoms with Crippen molar-refractivity contribution in [3.05, 3.63) is 70.8 Å². The Morgan fingerprint density at radius 2 is 1.79 bits per heavy atom. The molecule has 0 radical (unpaired) electrons. The summed E-state index contributed by atoms with van der Waals surface area (Å²) >= 11 is 6.12. The summed E-state index contributed by atoms with van der Waals surface area (Å²) in [5.74, 6) is 0.379. The molecule has 0 aliphatic carbocycles. The van der Waals surface area contributed by atoms with Gasteiger partial charge in [0.2, 0.25) is 5.91 Å². The third kappa shape index (κ3) is 7.36. The van der Waals surface area contributed by atoms with Crippen molar-refractivity contribution in [1.82, 2.24) is 10.2 Å². The van der Waals surface area contributed by atoms with Crippen LogP contribution in [0.2, 0.25) is 5.02 Å². The van der Waals surface area contributed by atoms with Gasteiger partial charge in [-0.25, -0.2) is 4.79 Å². The lowest BCUT2D eigenvalue weighted by atomic mass is 9.96. The van der Waals surface area contributed by atoms with Crippen molar-refractivity contribution in [2.45, 2.75) is 19.8 Å². The first-order valence-electron chi connectivity index (χ1n) is 10.9. The van der Waals surface area contributed by atoms with Crippen LogP contribution in [-0.4, -0.2) is 49.1 Å². The molecular formula is C25H27ClN2O5. The van der Waals surface area contributed by atoms with Gasteiger partial charge in [0.1, 0.15) is 5.75 Å². The smallest absolute Gasteiger partial charge is 0.434 e. The molecule has 1 aliphatic heterocycles. The summed E-state index contributed by atoms with van der Waals surface area (Å²) in [4.78, 5) is 38.0. The highest BCUT2D eigenvalue weighted by Gasteiger charge is 2.22. The fourth-order valence-electron chi connectivity index (χ4n) is 3.49. The van der Waals surface area contributed by atoms with E-state index in [9.17, 15) is 14.4 Å². The molecule has 2 aromatic rings. The SMILES string of the molecule is CCOC(=O)Oc1ccc(C(=O)NCC2CCN(C(=O)/C=C/c3ccccc3Cl)CC2)cc1. The minimum absolute atomic E-state index is 0.0393. The maximum Gasteiger partial charge on any atom is 0.513 e. The molecule has 2 amide bonds. The van der Waals surface area contributed by atoms with Gasteiger partial charge in [-0.15, -0.1) is 0 Å². The number of amides is 2. The predicted octanol–water partition coefficient (Wildman–Crippen LogP) is 4.56. The lowest BCUT2D eigenvalue weighted by Crippen LogP contribution is -2.41. The number of hydrogen-bond donors (Lipinski definition) is 1. The monoisotopic (exact) mass is 470 g/mol. The molecule has 0 aromatic heterocycles. The highest BCUT2D eigenvalue weighted by Crippen LogP contribution is 2.19. The zero-order valence-corrected chi connectivity index (χ0v) is 19.2. The third-order valence-electron chi connectivity index (χ3n) is 5.37. The Balaban J connectivity index is 1.41. The van der Waals surface area contributed by atoms with Crippen LogP contribution in [0.15, 0.2) is 54.6 Å². The van der Waals surface area contributed by atoms with Crippen molar-refractivity contribution in [2.24, 2.45) is 5.92 Å². The van der Waals surface area contributed by atoms with E-state index in [1.807, 2.05) is 23.1 Å². The summed E-state index contributed by atoms with van der Waals surface area (Å²) in [6.45, 7) is 3.75. The van der Waals surface area contributed by atoms with Gasteiger partial charge in [0.25, 0.3) is 5.91 Å². The maximum absolute atomic E-state index is 12.5. The number of nitrogens with zero attached hydrogens (tertiary/aromatic N) is 1. The lowest BCUT2D eigenvalue weighted by Gasteiger charge is -2.31. The Hall–Kier alpha value is -3.32. The lowest BCUT2D eigenvalue weighted by molar-refractivity contribution is -0.127. The molecule has 2 aromatic carbocycles. The van der Waals surface area contributed by atoms with Crippen molar-refractivity contribution >= 4 is 35.6 Å². The minimum atomic E-state index is -0.779. The molecule has 7 nitrogen and oxygen atoms in total. The third-order valence-corrected chi connectivity index (χ3v) is 5.71. The van der Waals surface area contributed by atoms with Gasteiger partial charge in [0.15, 0.2) is 0 Å². The van der Waals surface area contributed by atoms with Crippen LogP contribution in [0.25, 0.3) is 6.08 Å². The first-order valence-corrected chi connectivity index (χ1v) is 11.3. The number of hydrogen-bond acceptors (Lipinski definition) is 5. The van der Waals surface area contributed by atoms with Crippen LogP contribution in [0, 0.1) is 5.92 Å². The maximum atomic E-state index is 12.5. The Bertz CT molecular complexity index is 998. The van der Waals surface area contributed by atoms with Gasteiger partial charge >= 0.3 is 6.16 Å². The number of carbonyl (C=O) groups excluding carboxylic acids is 3. The Labute approximate surface area is 198 Å². The average Bonchev–Trinajstić information content (AvgIpc) is 2.83. The Kier molecular flexibility index (Phi) is 8.89. The quantitative estimate of drug-likeness (QED) is 0.364. The Morgan fingerprint density at radius 3 is 2.45 bits per heavy atom. The number of carbonyl (C=O) groups is 3. The van der Waals surface area contributed by atoms with Crippen molar-refractivity contribution in [3.8, 4) is 5.75 Å². The molecule has 174 valence electrons. The Morgan fingerprint density at radius 1 is 1.09 bits per heavy atom. The van der Waals surface area contributed by atoms with Crippen molar-refractivity contribution in [3.63, 3.8) is 0 Å². The molecule has 0 saturated carbocycles. The fraction of sp³-hybridized carbons (Fsp3) is 0.320. The van der Waals surface area contributed by atoms with E-state index in [2.05, 4.69) is 5.32 Å². The first kappa shape index (κ1) is 24.3. The molecule has 0 spiro atoms. The van der Waals surface area contributed by atoms with E-state index in [4.69, 9.17) is 21.1 Å². The number of rotatable bonds is 7. The van der Waals surface area contributed by atoms with E-state index < -0.39 is 6.16 Å². The summed E-state index contributed by atoms with van der Waals surface area (Å²) in [5.41, 5.74) is 1.29. The highest BCUT2D eigenvalue weighted by molar-refractivity contribution is 6.32. The van der Waals surface area contributed by atoms with Gasteiger partial charge in [-0.2, -0.15) is 0 Å². The second kappa shape index (κ2) is 12.1. The summed E-state index contributed by atoms with van der Waals surface area (Å²) in [5, 5.41) is 3.55. The number of benzene rings is 2. The van der Waals surface area contributed by atoms with Crippen LogP contribution in [-0.2, 0) is 9.53 Å². The van der Waals surface area contributed by atoms with E-state index in [1.54, 1.807) is 49.4 Å². The fourth-order valence-corrected chi connectivity index (χ4v) is 3.69. The summed E-state index contributed by atoms with van der Waals surface area (Å²) in [6, 6.07) is 13.7. The minimum Gasteiger partial charge on any atom is -0.434 e. The van der Waals surface area contributed by atoms with Gasteiger partial charge in [-0.1, -0.05) is 29.8 Å². The van der Waals surface area contributed by atoms with Crippen molar-refractivity contribution in [1.29, 1.82) is 0 Å².